The molecule has 7 heteroatoms. The van der Waals surface area contributed by atoms with Crippen molar-refractivity contribution in [1.82, 2.24) is 4.90 Å². The highest BCUT2D eigenvalue weighted by atomic mass is 35.5. The van der Waals surface area contributed by atoms with Gasteiger partial charge in [0.1, 0.15) is 35.3 Å². The van der Waals surface area contributed by atoms with E-state index in [1.165, 1.54) is 19.2 Å². The maximum atomic E-state index is 13.9. The van der Waals surface area contributed by atoms with E-state index in [1.807, 2.05) is 45.0 Å². The highest BCUT2D eigenvalue weighted by Gasteiger charge is 2.31. The van der Waals surface area contributed by atoms with Crippen LogP contribution in [-0.2, 0) is 13.0 Å². The van der Waals surface area contributed by atoms with Gasteiger partial charge in [0.05, 0.1) is 18.2 Å². The number of halogens is 2. The second kappa shape index (κ2) is 10.2. The van der Waals surface area contributed by atoms with Crippen molar-refractivity contribution in [2.75, 3.05) is 13.7 Å². The fourth-order valence-corrected chi connectivity index (χ4v) is 4.37. The highest BCUT2D eigenvalue weighted by molar-refractivity contribution is 6.32. The average Bonchev–Trinajstić information content (AvgIpc) is 2.81. The summed E-state index contributed by atoms with van der Waals surface area (Å²) in [5.74, 6) is 1.45. The standard InChI is InChI=1S/C28H29ClFNO4/c1-28(2,3)35-24-10-8-23(9-11-24)34-17-22-14-20-13-21(30)7-5-19(20)16-31(22)27(32)18-6-12-26(33-4)25(29)15-18/h5-13,15,22H,14,16-17H2,1-4H3. The first-order chi connectivity index (χ1) is 16.6. The van der Waals surface area contributed by atoms with Crippen molar-refractivity contribution in [3.63, 3.8) is 0 Å². The smallest absolute Gasteiger partial charge is 0.254 e. The number of carbonyl (C=O) groups is 1. The number of ether oxygens (including phenoxy) is 3. The highest BCUT2D eigenvalue weighted by Crippen LogP contribution is 2.30. The number of benzene rings is 3. The third-order valence-electron chi connectivity index (χ3n) is 5.76. The lowest BCUT2D eigenvalue weighted by Gasteiger charge is -2.37. The van der Waals surface area contributed by atoms with Crippen LogP contribution < -0.4 is 14.2 Å². The molecule has 5 nitrogen and oxygen atoms in total. The predicted octanol–water partition coefficient (Wildman–Crippen LogP) is 6.31. The van der Waals surface area contributed by atoms with Crippen LogP contribution in [0.25, 0.3) is 0 Å². The van der Waals surface area contributed by atoms with E-state index in [4.69, 9.17) is 25.8 Å². The number of methoxy groups -OCH3 is 1. The first-order valence-electron chi connectivity index (χ1n) is 11.5. The minimum absolute atomic E-state index is 0.174. The Labute approximate surface area is 210 Å². The molecule has 0 N–H and O–H groups in total. The van der Waals surface area contributed by atoms with Gasteiger partial charge < -0.3 is 19.1 Å². The van der Waals surface area contributed by atoms with Crippen LogP contribution in [0.3, 0.4) is 0 Å². The number of hydrogen-bond acceptors (Lipinski definition) is 4. The average molecular weight is 498 g/mol. The lowest BCUT2D eigenvalue weighted by atomic mass is 9.93. The molecule has 0 aromatic heterocycles. The Bertz CT molecular complexity index is 1210. The van der Waals surface area contributed by atoms with Gasteiger partial charge in [-0.05, 0) is 92.9 Å². The van der Waals surface area contributed by atoms with Gasteiger partial charge in [0.25, 0.3) is 5.91 Å². The molecule has 0 spiro atoms. The molecule has 0 saturated carbocycles. The molecule has 3 aromatic carbocycles. The fraction of sp³-hybridized carbons (Fsp3) is 0.321. The van der Waals surface area contributed by atoms with E-state index in [0.717, 1.165) is 16.9 Å². The molecule has 0 bridgehead atoms. The summed E-state index contributed by atoms with van der Waals surface area (Å²) in [7, 11) is 1.53. The summed E-state index contributed by atoms with van der Waals surface area (Å²) in [6.45, 7) is 6.57. The van der Waals surface area contributed by atoms with Crippen LogP contribution in [-0.4, -0.2) is 36.2 Å². The van der Waals surface area contributed by atoms with Crippen molar-refractivity contribution in [3.05, 3.63) is 88.2 Å². The van der Waals surface area contributed by atoms with Crippen LogP contribution in [0.1, 0.15) is 42.3 Å². The lowest BCUT2D eigenvalue weighted by molar-refractivity contribution is 0.0566. The molecule has 1 atom stereocenters. The van der Waals surface area contributed by atoms with Gasteiger partial charge in [-0.1, -0.05) is 17.7 Å². The van der Waals surface area contributed by atoms with E-state index in [-0.39, 0.29) is 30.0 Å². The number of nitrogens with zero attached hydrogens (tertiary/aromatic N) is 1. The van der Waals surface area contributed by atoms with E-state index in [0.29, 0.717) is 35.1 Å². The summed E-state index contributed by atoms with van der Waals surface area (Å²) in [4.78, 5) is 15.3. The molecule has 3 aromatic rings. The molecule has 35 heavy (non-hydrogen) atoms. The van der Waals surface area contributed by atoms with Crippen LogP contribution in [0, 0.1) is 5.82 Å². The van der Waals surface area contributed by atoms with Crippen LogP contribution in [0.2, 0.25) is 5.02 Å². The Kier molecular flexibility index (Phi) is 7.22. The van der Waals surface area contributed by atoms with E-state index < -0.39 is 0 Å². The summed E-state index contributed by atoms with van der Waals surface area (Å²) in [6.07, 6.45) is 0.480. The zero-order valence-electron chi connectivity index (χ0n) is 20.3. The van der Waals surface area contributed by atoms with E-state index in [2.05, 4.69) is 0 Å². The molecular weight excluding hydrogens is 469 g/mol. The minimum atomic E-state index is -0.293. The lowest BCUT2D eigenvalue weighted by Crippen LogP contribution is -2.47. The van der Waals surface area contributed by atoms with Crippen molar-refractivity contribution >= 4 is 17.5 Å². The fourth-order valence-electron chi connectivity index (χ4n) is 4.12. The van der Waals surface area contributed by atoms with Crippen LogP contribution in [0.15, 0.2) is 60.7 Å². The first-order valence-corrected chi connectivity index (χ1v) is 11.8. The molecule has 1 aliphatic rings. The van der Waals surface area contributed by atoms with Crippen molar-refractivity contribution < 1.29 is 23.4 Å². The number of hydrogen-bond donors (Lipinski definition) is 0. The molecule has 0 aliphatic carbocycles. The van der Waals surface area contributed by atoms with E-state index >= 15 is 0 Å². The molecule has 1 unspecified atom stereocenters. The summed E-state index contributed by atoms with van der Waals surface area (Å²) < 4.78 is 31.0. The molecular formula is C28H29ClFNO4. The van der Waals surface area contributed by atoms with Gasteiger partial charge in [-0.2, -0.15) is 0 Å². The van der Waals surface area contributed by atoms with Crippen molar-refractivity contribution in [1.29, 1.82) is 0 Å². The third kappa shape index (κ3) is 6.06. The third-order valence-corrected chi connectivity index (χ3v) is 6.05. The van der Waals surface area contributed by atoms with Gasteiger partial charge in [0.2, 0.25) is 0 Å². The summed E-state index contributed by atoms with van der Waals surface area (Å²) in [5, 5.41) is 0.364. The molecule has 184 valence electrons. The second-order valence-electron chi connectivity index (χ2n) is 9.55. The maximum Gasteiger partial charge on any atom is 0.254 e. The quantitative estimate of drug-likeness (QED) is 0.400. The summed E-state index contributed by atoms with van der Waals surface area (Å²) in [5.41, 5.74) is 1.96. The molecule has 0 fully saturated rings. The number of fused-ring (bicyclic) bond motifs is 1. The molecule has 1 heterocycles. The number of amides is 1. The summed E-state index contributed by atoms with van der Waals surface area (Å²) in [6, 6.07) is 16.8. The largest absolute Gasteiger partial charge is 0.495 e. The minimum Gasteiger partial charge on any atom is -0.495 e. The van der Waals surface area contributed by atoms with Gasteiger partial charge in [-0.25, -0.2) is 4.39 Å². The topological polar surface area (TPSA) is 48.0 Å². The van der Waals surface area contributed by atoms with Gasteiger partial charge in [0.15, 0.2) is 0 Å². The predicted molar refractivity (Wildman–Crippen MR) is 134 cm³/mol. The zero-order valence-corrected chi connectivity index (χ0v) is 21.1. The zero-order chi connectivity index (χ0) is 25.2. The number of carbonyl (C=O) groups excluding carboxylic acids is 1. The second-order valence-corrected chi connectivity index (χ2v) is 9.96. The van der Waals surface area contributed by atoms with Crippen LogP contribution >= 0.6 is 11.6 Å². The number of rotatable bonds is 6. The van der Waals surface area contributed by atoms with Crippen LogP contribution in [0.5, 0.6) is 17.2 Å². The molecule has 1 aliphatic heterocycles. The van der Waals surface area contributed by atoms with Gasteiger partial charge in [0, 0.05) is 12.1 Å². The Morgan fingerprint density at radius 3 is 2.40 bits per heavy atom. The van der Waals surface area contributed by atoms with E-state index in [1.54, 1.807) is 29.2 Å². The molecule has 1 amide bonds. The van der Waals surface area contributed by atoms with Crippen LogP contribution in [0.4, 0.5) is 4.39 Å². The van der Waals surface area contributed by atoms with E-state index in [9.17, 15) is 9.18 Å². The van der Waals surface area contributed by atoms with Gasteiger partial charge >= 0.3 is 0 Å². The normalized spacial score (nSPS) is 15.4. The Morgan fingerprint density at radius 2 is 1.74 bits per heavy atom. The Morgan fingerprint density at radius 1 is 1.03 bits per heavy atom. The maximum absolute atomic E-state index is 13.9. The Hall–Kier alpha value is -3.25. The molecule has 0 saturated heterocycles. The van der Waals surface area contributed by atoms with Gasteiger partial charge in [-0.3, -0.25) is 4.79 Å². The summed E-state index contributed by atoms with van der Waals surface area (Å²) >= 11 is 6.27. The molecule has 4 rings (SSSR count). The Balaban J connectivity index is 1.55. The first kappa shape index (κ1) is 24.9. The molecule has 0 radical (unpaired) electrons. The SMILES string of the molecule is COc1ccc(C(=O)N2Cc3ccc(F)cc3CC2COc2ccc(OC(C)(C)C)cc2)cc1Cl. The van der Waals surface area contributed by atoms with Crippen molar-refractivity contribution in [3.8, 4) is 17.2 Å². The van der Waals surface area contributed by atoms with Crippen molar-refractivity contribution in [2.45, 2.75) is 45.4 Å². The monoisotopic (exact) mass is 497 g/mol. The van der Waals surface area contributed by atoms with Gasteiger partial charge in [-0.15, -0.1) is 0 Å². The van der Waals surface area contributed by atoms with Crippen molar-refractivity contribution in [2.24, 2.45) is 0 Å².